The van der Waals surface area contributed by atoms with Crippen LogP contribution in [-0.2, 0) is 31.9 Å². The summed E-state index contributed by atoms with van der Waals surface area (Å²) in [5, 5.41) is 11.1. The molecule has 0 saturated carbocycles. The summed E-state index contributed by atoms with van der Waals surface area (Å²) in [6, 6.07) is 17.2. The Kier molecular flexibility index (Phi) is 10.9. The van der Waals surface area contributed by atoms with Crippen LogP contribution in [0.15, 0.2) is 60.7 Å². The zero-order valence-electron chi connectivity index (χ0n) is 18.9. The summed E-state index contributed by atoms with van der Waals surface area (Å²) in [6.45, 7) is 5.28. The molecule has 32 heavy (non-hydrogen) atoms. The third-order valence-electron chi connectivity index (χ3n) is 4.07. The van der Waals surface area contributed by atoms with Crippen LogP contribution >= 0.6 is 0 Å². The molecular weight excluding hydrogens is 412 g/mol. The molecule has 8 nitrogen and oxygen atoms in total. The number of ether oxygens (including phenoxy) is 2. The van der Waals surface area contributed by atoms with Gasteiger partial charge in [-0.05, 0) is 38.3 Å². The van der Waals surface area contributed by atoms with Gasteiger partial charge in [-0.15, -0.1) is 0 Å². The van der Waals surface area contributed by atoms with E-state index in [9.17, 15) is 14.4 Å². The second kappa shape index (κ2) is 13.1. The largest absolute Gasteiger partial charge is 0.480 e. The normalized spacial score (nSPS) is 12.4. The minimum atomic E-state index is -0.959. The third-order valence-corrected chi connectivity index (χ3v) is 4.07. The molecule has 0 radical (unpaired) electrons. The molecule has 0 aliphatic heterocycles. The number of nitrogens with two attached hydrogens (primary N) is 1. The molecule has 0 aromatic heterocycles. The van der Waals surface area contributed by atoms with Crippen LogP contribution in [0.5, 0.6) is 0 Å². The predicted octanol–water partition coefficient (Wildman–Crippen LogP) is 2.94. The molecule has 174 valence electrons. The number of nitrogens with one attached hydrogen (secondary N) is 1. The quantitative estimate of drug-likeness (QED) is 0.560. The first-order valence-electron chi connectivity index (χ1n) is 10.2. The van der Waals surface area contributed by atoms with Crippen molar-refractivity contribution in [2.75, 3.05) is 7.11 Å². The van der Waals surface area contributed by atoms with E-state index in [2.05, 4.69) is 5.32 Å². The second-order valence-electron chi connectivity index (χ2n) is 8.05. The third kappa shape index (κ3) is 11.1. The number of methoxy groups -OCH3 is 1. The topological polar surface area (TPSA) is 128 Å². The molecule has 4 N–H and O–H groups in total. The van der Waals surface area contributed by atoms with Gasteiger partial charge in [0.1, 0.15) is 17.7 Å². The molecule has 0 spiro atoms. The van der Waals surface area contributed by atoms with Crippen molar-refractivity contribution in [3.05, 3.63) is 71.8 Å². The van der Waals surface area contributed by atoms with Gasteiger partial charge in [-0.1, -0.05) is 60.7 Å². The number of aliphatic carboxylic acids is 1. The van der Waals surface area contributed by atoms with Crippen LogP contribution in [0.3, 0.4) is 0 Å². The molecule has 0 fully saturated rings. The van der Waals surface area contributed by atoms with Crippen molar-refractivity contribution in [1.82, 2.24) is 5.32 Å². The van der Waals surface area contributed by atoms with Gasteiger partial charge in [0.2, 0.25) is 0 Å². The summed E-state index contributed by atoms with van der Waals surface area (Å²) in [5.41, 5.74) is 6.62. The van der Waals surface area contributed by atoms with E-state index in [0.29, 0.717) is 12.8 Å². The van der Waals surface area contributed by atoms with Gasteiger partial charge in [-0.3, -0.25) is 4.79 Å². The lowest BCUT2D eigenvalue weighted by Crippen LogP contribution is -2.45. The Morgan fingerprint density at radius 3 is 1.81 bits per heavy atom. The lowest BCUT2D eigenvalue weighted by Gasteiger charge is -2.22. The molecule has 2 aromatic rings. The minimum absolute atomic E-state index is 0.354. The Bertz CT molecular complexity index is 850. The van der Waals surface area contributed by atoms with Crippen LogP contribution in [0, 0.1) is 0 Å². The number of carbonyl (C=O) groups excluding carboxylic acids is 2. The number of carboxylic acid groups (broad SMARTS) is 1. The smallest absolute Gasteiger partial charge is 0.408 e. The van der Waals surface area contributed by atoms with Crippen molar-refractivity contribution in [1.29, 1.82) is 0 Å². The van der Waals surface area contributed by atoms with Crippen LogP contribution in [0.25, 0.3) is 0 Å². The van der Waals surface area contributed by atoms with Crippen molar-refractivity contribution in [2.45, 2.75) is 51.3 Å². The minimum Gasteiger partial charge on any atom is -0.480 e. The highest BCUT2D eigenvalue weighted by atomic mass is 16.6. The van der Waals surface area contributed by atoms with Crippen LogP contribution in [0.1, 0.15) is 31.9 Å². The molecule has 0 unspecified atom stereocenters. The maximum absolute atomic E-state index is 11.7. The van der Waals surface area contributed by atoms with Crippen LogP contribution in [0.2, 0.25) is 0 Å². The highest BCUT2D eigenvalue weighted by Gasteiger charge is 2.25. The van der Waals surface area contributed by atoms with Gasteiger partial charge >= 0.3 is 18.0 Å². The first kappa shape index (κ1) is 26.6. The highest BCUT2D eigenvalue weighted by Crippen LogP contribution is 2.09. The lowest BCUT2D eigenvalue weighted by atomic mass is 10.1. The van der Waals surface area contributed by atoms with Crippen molar-refractivity contribution < 1.29 is 29.0 Å². The van der Waals surface area contributed by atoms with E-state index in [1.807, 2.05) is 60.7 Å². The maximum atomic E-state index is 11.7. The number of esters is 1. The van der Waals surface area contributed by atoms with Gasteiger partial charge < -0.3 is 25.6 Å². The van der Waals surface area contributed by atoms with E-state index < -0.39 is 35.7 Å². The fraction of sp³-hybridized carbons (Fsp3) is 0.375. The SMILES string of the molecule is COC(=O)[C@H](Cc1ccccc1)NC(=O)OC(C)(C)C.N[C@@H](Cc1ccccc1)C(=O)O. The van der Waals surface area contributed by atoms with E-state index in [0.717, 1.165) is 11.1 Å². The standard InChI is InChI=1S/C15H21NO4.C9H11NO2/c1-15(2,3)20-14(18)16-12(13(17)19-4)10-11-8-6-5-7-9-11;10-8(9(11)12)6-7-4-2-1-3-5-7/h5-9,12H,10H2,1-4H3,(H,16,18);1-5,8H,6,10H2,(H,11,12)/t12-;8-/m00/s1. The molecule has 0 saturated heterocycles. The molecule has 0 bridgehead atoms. The summed E-state index contributed by atoms with van der Waals surface area (Å²) in [5.74, 6) is -1.46. The Labute approximate surface area is 188 Å². The van der Waals surface area contributed by atoms with E-state index in [1.165, 1.54) is 7.11 Å². The number of hydrogen-bond donors (Lipinski definition) is 3. The Hall–Kier alpha value is -3.39. The van der Waals surface area contributed by atoms with Gasteiger partial charge in [-0.2, -0.15) is 0 Å². The van der Waals surface area contributed by atoms with Crippen molar-refractivity contribution in [3.63, 3.8) is 0 Å². The van der Waals surface area contributed by atoms with Gasteiger partial charge in [-0.25, -0.2) is 9.59 Å². The summed E-state index contributed by atoms with van der Waals surface area (Å²) >= 11 is 0. The molecular formula is C24H32N2O6. The average molecular weight is 445 g/mol. The summed E-state index contributed by atoms with van der Waals surface area (Å²) in [4.78, 5) is 33.8. The van der Waals surface area contributed by atoms with Crippen molar-refractivity contribution in [2.24, 2.45) is 5.73 Å². The molecule has 8 heteroatoms. The van der Waals surface area contributed by atoms with E-state index in [-0.39, 0.29) is 0 Å². The second-order valence-corrected chi connectivity index (χ2v) is 8.05. The fourth-order valence-electron chi connectivity index (χ4n) is 2.59. The number of carbonyl (C=O) groups is 3. The summed E-state index contributed by atoms with van der Waals surface area (Å²) in [7, 11) is 1.29. The van der Waals surface area contributed by atoms with Gasteiger partial charge in [0.05, 0.1) is 7.11 Å². The van der Waals surface area contributed by atoms with Crippen molar-refractivity contribution >= 4 is 18.0 Å². The monoisotopic (exact) mass is 444 g/mol. The molecule has 0 aliphatic carbocycles. The summed E-state index contributed by atoms with van der Waals surface area (Å²) < 4.78 is 9.85. The van der Waals surface area contributed by atoms with Crippen LogP contribution < -0.4 is 11.1 Å². The first-order chi connectivity index (χ1) is 15.0. The van der Waals surface area contributed by atoms with Gasteiger partial charge in [0.15, 0.2) is 0 Å². The van der Waals surface area contributed by atoms with E-state index in [4.69, 9.17) is 20.3 Å². The molecule has 2 aromatic carbocycles. The zero-order valence-corrected chi connectivity index (χ0v) is 18.9. The number of amides is 1. The average Bonchev–Trinajstić information content (AvgIpc) is 2.73. The van der Waals surface area contributed by atoms with E-state index in [1.54, 1.807) is 20.8 Å². The Morgan fingerprint density at radius 2 is 1.41 bits per heavy atom. The number of alkyl carbamates (subject to hydrolysis) is 1. The number of carboxylic acids is 1. The van der Waals surface area contributed by atoms with Crippen molar-refractivity contribution in [3.8, 4) is 0 Å². The predicted molar refractivity (Wildman–Crippen MR) is 121 cm³/mol. The Balaban J connectivity index is 0.000000363. The molecule has 2 atom stereocenters. The van der Waals surface area contributed by atoms with E-state index >= 15 is 0 Å². The van der Waals surface area contributed by atoms with Crippen LogP contribution in [0.4, 0.5) is 4.79 Å². The molecule has 2 rings (SSSR count). The zero-order chi connectivity index (χ0) is 24.1. The highest BCUT2D eigenvalue weighted by molar-refractivity contribution is 5.81. The number of benzene rings is 2. The number of hydrogen-bond acceptors (Lipinski definition) is 6. The Morgan fingerprint density at radius 1 is 0.938 bits per heavy atom. The molecule has 1 amide bonds. The summed E-state index contributed by atoms with van der Waals surface area (Å²) in [6.07, 6.45) is 0.104. The fourth-order valence-corrected chi connectivity index (χ4v) is 2.59. The first-order valence-corrected chi connectivity index (χ1v) is 10.2. The van der Waals surface area contributed by atoms with Crippen LogP contribution in [-0.4, -0.2) is 47.9 Å². The maximum Gasteiger partial charge on any atom is 0.408 e. The molecule has 0 heterocycles. The van der Waals surface area contributed by atoms with Gasteiger partial charge in [0, 0.05) is 6.42 Å². The van der Waals surface area contributed by atoms with Gasteiger partial charge in [0.25, 0.3) is 0 Å². The number of rotatable bonds is 7. The lowest BCUT2D eigenvalue weighted by molar-refractivity contribution is -0.143. The molecule has 0 aliphatic rings.